The number of hydrogen-bond acceptors (Lipinski definition) is 4. The smallest absolute Gasteiger partial charge is 0.256 e. The molecule has 2 aromatic rings. The summed E-state index contributed by atoms with van der Waals surface area (Å²) in [6.45, 7) is 7.11. The number of aryl methyl sites for hydroxylation is 2. The summed E-state index contributed by atoms with van der Waals surface area (Å²) in [5.74, 6) is -0.114. The van der Waals surface area contributed by atoms with Crippen molar-refractivity contribution in [3.8, 4) is 0 Å². The molecule has 0 spiro atoms. The minimum atomic E-state index is -0.0982. The molecule has 0 atom stereocenters. The van der Waals surface area contributed by atoms with Gasteiger partial charge in [0.05, 0.1) is 16.4 Å². The molecule has 0 radical (unpaired) electrons. The Labute approximate surface area is 192 Å². The van der Waals surface area contributed by atoms with Crippen LogP contribution in [0.25, 0.3) is 0 Å². The second-order valence-electron chi connectivity index (χ2n) is 7.37. The maximum atomic E-state index is 12.8. The van der Waals surface area contributed by atoms with Gasteiger partial charge in [0.15, 0.2) is 0 Å². The predicted octanol–water partition coefficient (Wildman–Crippen LogP) is 4.97. The number of benzene rings is 1. The van der Waals surface area contributed by atoms with Crippen LogP contribution in [0.4, 0.5) is 5.69 Å². The van der Waals surface area contributed by atoms with E-state index in [4.69, 9.17) is 23.2 Å². The first-order valence-electron chi connectivity index (χ1n) is 10.3. The van der Waals surface area contributed by atoms with Crippen LogP contribution in [0.5, 0.6) is 0 Å². The molecule has 5 nitrogen and oxygen atoms in total. The number of amides is 2. The van der Waals surface area contributed by atoms with E-state index in [0.717, 1.165) is 42.6 Å². The monoisotopic (exact) mass is 467 g/mol. The third-order valence-electron chi connectivity index (χ3n) is 5.39. The molecule has 1 aliphatic rings. The molecule has 1 aliphatic heterocycles. The van der Waals surface area contributed by atoms with Crippen molar-refractivity contribution in [3.05, 3.63) is 49.6 Å². The van der Waals surface area contributed by atoms with E-state index in [1.165, 1.54) is 11.3 Å². The van der Waals surface area contributed by atoms with E-state index in [0.29, 0.717) is 40.4 Å². The summed E-state index contributed by atoms with van der Waals surface area (Å²) in [6, 6.07) is 7.79. The molecule has 1 N–H and O–H groups in total. The molecule has 0 saturated carbocycles. The summed E-state index contributed by atoms with van der Waals surface area (Å²) in [5.41, 5.74) is 3.72. The van der Waals surface area contributed by atoms with Gasteiger partial charge in [0.2, 0.25) is 5.91 Å². The van der Waals surface area contributed by atoms with Crippen LogP contribution in [0.3, 0.4) is 0 Å². The van der Waals surface area contributed by atoms with Gasteiger partial charge in [-0.2, -0.15) is 0 Å². The third-order valence-corrected chi connectivity index (χ3v) is 6.88. The highest BCUT2D eigenvalue weighted by molar-refractivity contribution is 7.20. The number of hydrogen-bond donors (Lipinski definition) is 1. The van der Waals surface area contributed by atoms with E-state index in [-0.39, 0.29) is 11.8 Å². The summed E-state index contributed by atoms with van der Waals surface area (Å²) in [6.07, 6.45) is 2.55. The van der Waals surface area contributed by atoms with Gasteiger partial charge in [0.1, 0.15) is 4.34 Å². The fraction of sp³-hybridized carbons (Fsp3) is 0.455. The molecule has 0 unspecified atom stereocenters. The van der Waals surface area contributed by atoms with Crippen molar-refractivity contribution in [2.24, 2.45) is 0 Å². The van der Waals surface area contributed by atoms with Gasteiger partial charge in [-0.15, -0.1) is 11.3 Å². The van der Waals surface area contributed by atoms with Gasteiger partial charge in [-0.3, -0.25) is 14.5 Å². The Kier molecular flexibility index (Phi) is 8.17. The highest BCUT2D eigenvalue weighted by Crippen LogP contribution is 2.32. The molecular weight excluding hydrogens is 441 g/mol. The van der Waals surface area contributed by atoms with E-state index in [2.05, 4.69) is 36.2 Å². The Morgan fingerprint density at radius 2 is 1.77 bits per heavy atom. The van der Waals surface area contributed by atoms with Crippen LogP contribution in [0.15, 0.2) is 24.3 Å². The molecule has 3 rings (SSSR count). The molecule has 1 aromatic carbocycles. The number of carbonyl (C=O) groups is 2. The maximum absolute atomic E-state index is 12.8. The van der Waals surface area contributed by atoms with Gasteiger partial charge in [0, 0.05) is 31.9 Å². The van der Waals surface area contributed by atoms with Gasteiger partial charge < -0.3 is 10.2 Å². The van der Waals surface area contributed by atoms with E-state index in [9.17, 15) is 9.59 Å². The van der Waals surface area contributed by atoms with Crippen molar-refractivity contribution in [1.29, 1.82) is 0 Å². The maximum Gasteiger partial charge on any atom is 0.256 e. The second kappa shape index (κ2) is 10.6. The zero-order valence-corrected chi connectivity index (χ0v) is 19.7. The number of anilines is 1. The SMILES string of the molecule is CCc1cccc(CC)c1NC(=O)CN1CCCN(C(=O)c2cc(Cl)sc2Cl)CC1. The van der Waals surface area contributed by atoms with Gasteiger partial charge in [-0.05, 0) is 36.5 Å². The molecular formula is C22H27Cl2N3O2S. The van der Waals surface area contributed by atoms with Crippen LogP contribution in [-0.2, 0) is 17.6 Å². The Hall–Kier alpha value is -1.60. The highest BCUT2D eigenvalue weighted by Gasteiger charge is 2.24. The lowest BCUT2D eigenvalue weighted by molar-refractivity contribution is -0.117. The van der Waals surface area contributed by atoms with Crippen LogP contribution in [0.1, 0.15) is 41.8 Å². The van der Waals surface area contributed by atoms with Crippen LogP contribution in [0, 0.1) is 0 Å². The fourth-order valence-electron chi connectivity index (χ4n) is 3.77. The van der Waals surface area contributed by atoms with Crippen LogP contribution in [-0.4, -0.2) is 54.3 Å². The summed E-state index contributed by atoms with van der Waals surface area (Å²) in [4.78, 5) is 29.4. The van der Waals surface area contributed by atoms with E-state index < -0.39 is 0 Å². The Morgan fingerprint density at radius 1 is 1.07 bits per heavy atom. The van der Waals surface area contributed by atoms with Crippen molar-refractivity contribution in [2.75, 3.05) is 38.0 Å². The number of thiophene rings is 1. The van der Waals surface area contributed by atoms with Gasteiger partial charge in [-0.1, -0.05) is 55.2 Å². The third kappa shape index (κ3) is 5.55. The highest BCUT2D eigenvalue weighted by atomic mass is 35.5. The molecule has 8 heteroatoms. The quantitative estimate of drug-likeness (QED) is 0.652. The normalized spacial score (nSPS) is 15.1. The lowest BCUT2D eigenvalue weighted by atomic mass is 10.0. The summed E-state index contributed by atoms with van der Waals surface area (Å²) in [5, 5.41) is 3.13. The van der Waals surface area contributed by atoms with Crippen LogP contribution in [0.2, 0.25) is 8.67 Å². The van der Waals surface area contributed by atoms with Crippen molar-refractivity contribution in [3.63, 3.8) is 0 Å². The van der Waals surface area contributed by atoms with E-state index >= 15 is 0 Å². The fourth-order valence-corrected chi connectivity index (χ4v) is 5.22. The average Bonchev–Trinajstić information content (AvgIpc) is 2.91. The molecule has 1 saturated heterocycles. The molecule has 0 aliphatic carbocycles. The first kappa shape index (κ1) is 23.1. The second-order valence-corrected chi connectivity index (χ2v) is 9.65. The van der Waals surface area contributed by atoms with Crippen molar-refractivity contribution in [1.82, 2.24) is 9.80 Å². The number of nitrogens with zero attached hydrogens (tertiary/aromatic N) is 2. The molecule has 30 heavy (non-hydrogen) atoms. The summed E-state index contributed by atoms with van der Waals surface area (Å²) < 4.78 is 0.932. The zero-order chi connectivity index (χ0) is 21.7. The summed E-state index contributed by atoms with van der Waals surface area (Å²) in [7, 11) is 0. The molecule has 0 bridgehead atoms. The number of para-hydroxylation sites is 1. The van der Waals surface area contributed by atoms with Crippen molar-refractivity contribution < 1.29 is 9.59 Å². The molecule has 1 fully saturated rings. The van der Waals surface area contributed by atoms with Gasteiger partial charge in [0.25, 0.3) is 5.91 Å². The summed E-state index contributed by atoms with van der Waals surface area (Å²) >= 11 is 13.3. The first-order chi connectivity index (χ1) is 14.4. The lowest BCUT2D eigenvalue weighted by Gasteiger charge is -2.22. The molecule has 162 valence electrons. The minimum absolute atomic E-state index is 0.0157. The number of halogens is 2. The molecule has 2 heterocycles. The van der Waals surface area contributed by atoms with E-state index in [1.807, 2.05) is 6.07 Å². The number of carbonyl (C=O) groups excluding carboxylic acids is 2. The average molecular weight is 468 g/mol. The number of nitrogens with one attached hydrogen (secondary N) is 1. The topological polar surface area (TPSA) is 52.7 Å². The van der Waals surface area contributed by atoms with Gasteiger partial charge in [-0.25, -0.2) is 0 Å². The Balaban J connectivity index is 1.59. The molecule has 1 aromatic heterocycles. The first-order valence-corrected chi connectivity index (χ1v) is 11.9. The van der Waals surface area contributed by atoms with Crippen LogP contribution < -0.4 is 5.32 Å². The lowest BCUT2D eigenvalue weighted by Crippen LogP contribution is -2.38. The van der Waals surface area contributed by atoms with E-state index in [1.54, 1.807) is 11.0 Å². The molecule has 2 amide bonds. The van der Waals surface area contributed by atoms with Gasteiger partial charge >= 0.3 is 0 Å². The predicted molar refractivity (Wildman–Crippen MR) is 125 cm³/mol. The van der Waals surface area contributed by atoms with Crippen molar-refractivity contribution in [2.45, 2.75) is 33.1 Å². The Morgan fingerprint density at radius 3 is 2.37 bits per heavy atom. The standard InChI is InChI=1S/C22H27Cl2N3O2S/c1-3-15-7-5-8-16(4-2)20(15)25-19(28)14-26-9-6-10-27(12-11-26)22(29)17-13-18(23)30-21(17)24/h5,7-8,13H,3-4,6,9-12,14H2,1-2H3,(H,25,28). The van der Waals surface area contributed by atoms with Crippen molar-refractivity contribution >= 4 is 52.0 Å². The Bertz CT molecular complexity index is 894. The van der Waals surface area contributed by atoms with Crippen LogP contribution >= 0.6 is 34.5 Å². The number of rotatable bonds is 6. The zero-order valence-electron chi connectivity index (χ0n) is 17.3. The largest absolute Gasteiger partial charge is 0.337 e. The minimum Gasteiger partial charge on any atom is -0.337 e.